The van der Waals surface area contributed by atoms with Gasteiger partial charge in [0.25, 0.3) is 0 Å². The van der Waals surface area contributed by atoms with Gasteiger partial charge in [0, 0.05) is 0 Å². The quantitative estimate of drug-likeness (QED) is 0.832. The Balaban J connectivity index is 2.92. The van der Waals surface area contributed by atoms with E-state index in [1.807, 2.05) is 0 Å². The van der Waals surface area contributed by atoms with Crippen LogP contribution in [-0.4, -0.2) is 11.2 Å². The van der Waals surface area contributed by atoms with Crippen molar-refractivity contribution in [1.29, 1.82) is 0 Å². The fourth-order valence-electron chi connectivity index (χ4n) is 2.31. The Morgan fingerprint density at radius 3 is 1.65 bits per heavy atom. The van der Waals surface area contributed by atoms with Crippen molar-refractivity contribution in [3.63, 3.8) is 0 Å². The Bertz CT molecular complexity index is 338. The number of benzene rings is 1. The molecule has 96 valence electrons. The van der Waals surface area contributed by atoms with Crippen LogP contribution in [0.25, 0.3) is 0 Å². The van der Waals surface area contributed by atoms with Gasteiger partial charge in [0.05, 0.1) is 0 Å². The average molecular weight is 236 g/mol. The van der Waals surface area contributed by atoms with Gasteiger partial charge in [-0.15, -0.1) is 0 Å². The Morgan fingerprint density at radius 1 is 0.882 bits per heavy atom. The molecule has 17 heavy (non-hydrogen) atoms. The molecule has 0 bridgehead atoms. The van der Waals surface area contributed by atoms with Crippen LogP contribution < -0.4 is 4.74 Å². The molecular weight excluding hydrogens is 212 g/mol. The molecule has 0 saturated carbocycles. The lowest BCUT2D eigenvalue weighted by atomic mass is 9.74. The maximum atomic E-state index is 9.25. The van der Waals surface area contributed by atoms with Crippen LogP contribution in [0.2, 0.25) is 0 Å². The zero-order chi connectivity index (χ0) is 13.3. The highest BCUT2D eigenvalue weighted by Crippen LogP contribution is 2.36. The predicted octanol–water partition coefficient (Wildman–Crippen LogP) is 4.23. The minimum atomic E-state index is 0.0656. The lowest BCUT2D eigenvalue weighted by molar-refractivity contribution is -0.00172. The SMILES string of the molecule is CC(C)(C)C(Oc1ccc(O)cc1)C(C)(C)C. The summed E-state index contributed by atoms with van der Waals surface area (Å²) in [5.74, 6) is 1.07. The zero-order valence-electron chi connectivity index (χ0n) is 11.7. The van der Waals surface area contributed by atoms with Crippen molar-refractivity contribution in [3.05, 3.63) is 24.3 Å². The molecular formula is C15H24O2. The van der Waals surface area contributed by atoms with E-state index in [4.69, 9.17) is 4.74 Å². The molecule has 1 aromatic carbocycles. The van der Waals surface area contributed by atoms with E-state index in [2.05, 4.69) is 41.5 Å². The van der Waals surface area contributed by atoms with Gasteiger partial charge in [0.15, 0.2) is 0 Å². The van der Waals surface area contributed by atoms with E-state index in [-0.39, 0.29) is 22.7 Å². The van der Waals surface area contributed by atoms with Crippen LogP contribution in [0.5, 0.6) is 11.5 Å². The van der Waals surface area contributed by atoms with Crippen molar-refractivity contribution in [2.24, 2.45) is 10.8 Å². The van der Waals surface area contributed by atoms with Crippen molar-refractivity contribution in [2.45, 2.75) is 47.6 Å². The summed E-state index contributed by atoms with van der Waals surface area (Å²) in [6.45, 7) is 13.1. The summed E-state index contributed by atoms with van der Waals surface area (Å²) >= 11 is 0. The fraction of sp³-hybridized carbons (Fsp3) is 0.600. The zero-order valence-corrected chi connectivity index (χ0v) is 11.7. The highest BCUT2D eigenvalue weighted by Gasteiger charge is 2.36. The first kappa shape index (κ1) is 13.9. The fourth-order valence-corrected chi connectivity index (χ4v) is 2.31. The van der Waals surface area contributed by atoms with Gasteiger partial charge in [-0.3, -0.25) is 0 Å². The van der Waals surface area contributed by atoms with Crippen LogP contribution in [0.3, 0.4) is 0 Å². The van der Waals surface area contributed by atoms with E-state index in [1.54, 1.807) is 24.3 Å². The molecule has 0 saturated heterocycles. The summed E-state index contributed by atoms with van der Waals surface area (Å²) in [6, 6.07) is 6.91. The van der Waals surface area contributed by atoms with Crippen LogP contribution in [0.1, 0.15) is 41.5 Å². The molecule has 0 aliphatic heterocycles. The number of aromatic hydroxyl groups is 1. The van der Waals surface area contributed by atoms with Gasteiger partial charge in [-0.25, -0.2) is 0 Å². The summed E-state index contributed by atoms with van der Waals surface area (Å²) in [5, 5.41) is 9.25. The van der Waals surface area contributed by atoms with Gasteiger partial charge in [-0.05, 0) is 35.1 Å². The smallest absolute Gasteiger partial charge is 0.120 e. The van der Waals surface area contributed by atoms with Crippen molar-refractivity contribution in [1.82, 2.24) is 0 Å². The van der Waals surface area contributed by atoms with Crippen LogP contribution in [-0.2, 0) is 0 Å². The van der Waals surface area contributed by atoms with E-state index in [9.17, 15) is 5.11 Å². The number of phenolic OH excluding ortho intramolecular Hbond substituents is 1. The van der Waals surface area contributed by atoms with Crippen molar-refractivity contribution < 1.29 is 9.84 Å². The number of phenols is 1. The lowest BCUT2D eigenvalue weighted by Crippen LogP contribution is -2.42. The molecule has 1 aromatic rings. The molecule has 2 nitrogen and oxygen atoms in total. The first-order chi connectivity index (χ1) is 7.60. The van der Waals surface area contributed by atoms with E-state index in [0.29, 0.717) is 0 Å². The second kappa shape index (κ2) is 4.59. The van der Waals surface area contributed by atoms with E-state index in [1.165, 1.54) is 0 Å². The Labute approximate surface area is 105 Å². The van der Waals surface area contributed by atoms with Gasteiger partial charge >= 0.3 is 0 Å². The van der Waals surface area contributed by atoms with Crippen molar-refractivity contribution >= 4 is 0 Å². The number of ether oxygens (including phenoxy) is 1. The molecule has 0 aliphatic rings. The van der Waals surface area contributed by atoms with Gasteiger partial charge in [0.2, 0.25) is 0 Å². The molecule has 0 spiro atoms. The highest BCUT2D eigenvalue weighted by atomic mass is 16.5. The summed E-state index contributed by atoms with van der Waals surface area (Å²) in [6.07, 6.45) is 0.111. The van der Waals surface area contributed by atoms with E-state index >= 15 is 0 Å². The van der Waals surface area contributed by atoms with Crippen molar-refractivity contribution in [3.8, 4) is 11.5 Å². The molecule has 2 heteroatoms. The molecule has 0 amide bonds. The Hall–Kier alpha value is -1.18. The monoisotopic (exact) mass is 236 g/mol. The van der Waals surface area contributed by atoms with E-state index in [0.717, 1.165) is 5.75 Å². The van der Waals surface area contributed by atoms with Gasteiger partial charge < -0.3 is 9.84 Å². The van der Waals surface area contributed by atoms with Crippen LogP contribution in [0, 0.1) is 10.8 Å². The minimum Gasteiger partial charge on any atom is -0.508 e. The molecule has 0 radical (unpaired) electrons. The third kappa shape index (κ3) is 3.95. The van der Waals surface area contributed by atoms with Crippen LogP contribution in [0.4, 0.5) is 0 Å². The molecule has 0 heterocycles. The highest BCUT2D eigenvalue weighted by molar-refractivity contribution is 5.30. The summed E-state index contributed by atoms with van der Waals surface area (Å²) in [5.41, 5.74) is 0.131. The van der Waals surface area contributed by atoms with Crippen molar-refractivity contribution in [2.75, 3.05) is 0 Å². The molecule has 0 fully saturated rings. The molecule has 0 atom stereocenters. The van der Waals surface area contributed by atoms with Gasteiger partial charge in [0.1, 0.15) is 17.6 Å². The molecule has 1 N–H and O–H groups in total. The molecule has 0 aliphatic carbocycles. The Morgan fingerprint density at radius 2 is 1.29 bits per heavy atom. The van der Waals surface area contributed by atoms with E-state index < -0.39 is 0 Å². The maximum Gasteiger partial charge on any atom is 0.120 e. The van der Waals surface area contributed by atoms with Crippen LogP contribution in [0.15, 0.2) is 24.3 Å². The maximum absolute atomic E-state index is 9.25. The summed E-state index contributed by atoms with van der Waals surface area (Å²) < 4.78 is 6.09. The minimum absolute atomic E-state index is 0.0656. The third-order valence-electron chi connectivity index (χ3n) is 2.66. The Kier molecular flexibility index (Phi) is 3.75. The molecule has 1 rings (SSSR count). The summed E-state index contributed by atoms with van der Waals surface area (Å²) in [7, 11) is 0. The van der Waals surface area contributed by atoms with Gasteiger partial charge in [-0.2, -0.15) is 0 Å². The van der Waals surface area contributed by atoms with Gasteiger partial charge in [-0.1, -0.05) is 41.5 Å². The molecule has 0 aromatic heterocycles. The number of rotatable bonds is 2. The number of hydrogen-bond donors (Lipinski definition) is 1. The second-order valence-electron chi connectivity index (χ2n) is 6.72. The summed E-state index contributed by atoms with van der Waals surface area (Å²) in [4.78, 5) is 0. The molecule has 0 unspecified atom stereocenters. The standard InChI is InChI=1S/C15H24O2/c1-14(2,3)13(15(4,5)6)17-12-9-7-11(16)8-10-12/h7-10,13,16H,1-6H3. The third-order valence-corrected chi connectivity index (χ3v) is 2.66. The number of hydrogen-bond acceptors (Lipinski definition) is 2. The lowest BCUT2D eigenvalue weighted by Gasteiger charge is -2.40. The average Bonchev–Trinajstić information content (AvgIpc) is 2.13. The normalized spacial score (nSPS) is 12.9. The topological polar surface area (TPSA) is 29.5 Å². The first-order valence-electron chi connectivity index (χ1n) is 6.06. The predicted molar refractivity (Wildman–Crippen MR) is 71.4 cm³/mol. The first-order valence-corrected chi connectivity index (χ1v) is 6.06. The second-order valence-corrected chi connectivity index (χ2v) is 6.72. The largest absolute Gasteiger partial charge is 0.508 e. The van der Waals surface area contributed by atoms with Crippen LogP contribution >= 0.6 is 0 Å².